The topological polar surface area (TPSA) is 72.0 Å². The maximum absolute atomic E-state index is 14.5. The molecule has 1 fully saturated rings. The number of hydrogen-bond acceptors (Lipinski definition) is 6. The molecule has 4 aromatic rings. The van der Waals surface area contributed by atoms with Gasteiger partial charge in [0.1, 0.15) is 16.2 Å². The number of thiophene rings is 1. The molecule has 0 atom stereocenters. The number of carbonyl (C=O) groups excluding carboxylic acids is 2. The van der Waals surface area contributed by atoms with Crippen LogP contribution in [0.4, 0.5) is 4.79 Å². The Bertz CT molecular complexity index is 1680. The summed E-state index contributed by atoms with van der Waals surface area (Å²) in [7, 11) is 3.46. The molecule has 5 rings (SSSR count). The fourth-order valence-electron chi connectivity index (χ4n) is 6.16. The molecule has 2 aromatic heterocycles. The standard InChI is InChI=1S/C36H42ClN3O4S/c1-22-18-25(19-23(2)38-22)24-12-17-30(43-7)26(20-24)21-40(34(41)33-32(37)29-10-8-9-11-31(29)45-33)28-15-13-27(14-16-28)39(6)35(42)44-36(3,4)5/h8-12,17-20,27-28H,13-16,21H2,1-7H3. The molecule has 0 bridgehead atoms. The van der Waals surface area contributed by atoms with Crippen molar-refractivity contribution in [2.75, 3.05) is 14.2 Å². The Labute approximate surface area is 275 Å². The number of methoxy groups -OCH3 is 1. The number of halogens is 1. The van der Waals surface area contributed by atoms with E-state index in [-0.39, 0.29) is 24.1 Å². The smallest absolute Gasteiger partial charge is 0.410 e. The highest BCUT2D eigenvalue weighted by molar-refractivity contribution is 7.21. The first kappa shape index (κ1) is 32.8. The predicted octanol–water partition coefficient (Wildman–Crippen LogP) is 9.06. The zero-order valence-electron chi connectivity index (χ0n) is 27.1. The predicted molar refractivity (Wildman–Crippen MR) is 182 cm³/mol. The zero-order valence-corrected chi connectivity index (χ0v) is 28.7. The van der Waals surface area contributed by atoms with Crippen molar-refractivity contribution in [2.45, 2.75) is 84.5 Å². The van der Waals surface area contributed by atoms with Gasteiger partial charge < -0.3 is 19.3 Å². The largest absolute Gasteiger partial charge is 0.496 e. The summed E-state index contributed by atoms with van der Waals surface area (Å²) in [6.07, 6.45) is 2.70. The molecule has 2 aromatic carbocycles. The number of rotatable bonds is 7. The van der Waals surface area contributed by atoms with Gasteiger partial charge in [-0.05, 0) is 102 Å². The third-order valence-electron chi connectivity index (χ3n) is 8.36. The second-order valence-corrected chi connectivity index (χ2v) is 14.3. The van der Waals surface area contributed by atoms with Gasteiger partial charge >= 0.3 is 6.09 Å². The highest BCUT2D eigenvalue weighted by Gasteiger charge is 2.35. The summed E-state index contributed by atoms with van der Waals surface area (Å²) in [6, 6.07) is 18.1. The molecule has 0 radical (unpaired) electrons. The van der Waals surface area contributed by atoms with Crippen LogP contribution in [0.3, 0.4) is 0 Å². The minimum Gasteiger partial charge on any atom is -0.496 e. The molecular formula is C36H42ClN3O4S. The Hall–Kier alpha value is -3.62. The van der Waals surface area contributed by atoms with Crippen LogP contribution >= 0.6 is 22.9 Å². The molecular weight excluding hydrogens is 606 g/mol. The van der Waals surface area contributed by atoms with Crippen LogP contribution in [0.25, 0.3) is 21.2 Å². The molecule has 0 saturated heterocycles. The number of pyridine rings is 1. The highest BCUT2D eigenvalue weighted by atomic mass is 35.5. The molecule has 1 saturated carbocycles. The average molecular weight is 648 g/mol. The van der Waals surface area contributed by atoms with Gasteiger partial charge in [-0.25, -0.2) is 4.79 Å². The minimum atomic E-state index is -0.559. The van der Waals surface area contributed by atoms with Crippen molar-refractivity contribution in [3.05, 3.63) is 81.4 Å². The van der Waals surface area contributed by atoms with Gasteiger partial charge in [0.25, 0.3) is 5.91 Å². The molecule has 0 aliphatic heterocycles. The summed E-state index contributed by atoms with van der Waals surface area (Å²) in [6.45, 7) is 9.97. The van der Waals surface area contributed by atoms with Crippen molar-refractivity contribution in [3.8, 4) is 16.9 Å². The number of carbonyl (C=O) groups is 2. The Balaban J connectivity index is 1.47. The Morgan fingerprint density at radius 1 is 0.956 bits per heavy atom. The van der Waals surface area contributed by atoms with E-state index in [0.29, 0.717) is 16.4 Å². The van der Waals surface area contributed by atoms with Crippen LogP contribution in [0.1, 0.15) is 73.1 Å². The van der Waals surface area contributed by atoms with E-state index in [1.807, 2.05) is 75.9 Å². The number of hydrogen-bond donors (Lipinski definition) is 0. The fourth-order valence-corrected chi connectivity index (χ4v) is 7.62. The van der Waals surface area contributed by atoms with E-state index in [9.17, 15) is 9.59 Å². The van der Waals surface area contributed by atoms with Crippen molar-refractivity contribution < 1.29 is 19.1 Å². The number of fused-ring (bicyclic) bond motifs is 1. The van der Waals surface area contributed by atoms with Gasteiger partial charge in [-0.1, -0.05) is 35.9 Å². The van der Waals surface area contributed by atoms with Gasteiger partial charge in [0.05, 0.1) is 12.1 Å². The SMILES string of the molecule is COc1ccc(-c2cc(C)nc(C)c2)cc1CN(C(=O)c1sc2ccccc2c1Cl)C1CCC(N(C)C(=O)OC(C)(C)C)CC1. The van der Waals surface area contributed by atoms with Gasteiger partial charge in [0.2, 0.25) is 0 Å². The van der Waals surface area contributed by atoms with Crippen molar-refractivity contribution in [1.29, 1.82) is 0 Å². The highest BCUT2D eigenvalue weighted by Crippen LogP contribution is 2.39. The number of aromatic nitrogens is 1. The van der Waals surface area contributed by atoms with E-state index in [1.54, 1.807) is 19.1 Å². The minimum absolute atomic E-state index is 0.0389. The molecule has 238 valence electrons. The fraction of sp³-hybridized carbons (Fsp3) is 0.417. The van der Waals surface area contributed by atoms with Gasteiger partial charge in [-0.2, -0.15) is 0 Å². The van der Waals surface area contributed by atoms with E-state index >= 15 is 0 Å². The van der Waals surface area contributed by atoms with Crippen LogP contribution in [0.15, 0.2) is 54.6 Å². The molecule has 7 nitrogen and oxygen atoms in total. The molecule has 0 spiro atoms. The molecule has 2 heterocycles. The van der Waals surface area contributed by atoms with Gasteiger partial charge in [0, 0.05) is 52.7 Å². The monoisotopic (exact) mass is 647 g/mol. The lowest BCUT2D eigenvalue weighted by Crippen LogP contribution is -2.47. The van der Waals surface area contributed by atoms with Crippen LogP contribution in [-0.2, 0) is 11.3 Å². The zero-order chi connectivity index (χ0) is 32.5. The van der Waals surface area contributed by atoms with Crippen LogP contribution < -0.4 is 4.74 Å². The number of nitrogens with zero attached hydrogens (tertiary/aromatic N) is 3. The van der Waals surface area contributed by atoms with Crippen LogP contribution in [0, 0.1) is 13.8 Å². The molecule has 9 heteroatoms. The molecule has 1 aliphatic carbocycles. The summed E-state index contributed by atoms with van der Waals surface area (Å²) >= 11 is 8.29. The van der Waals surface area contributed by atoms with Gasteiger partial charge in [-0.15, -0.1) is 11.3 Å². The van der Waals surface area contributed by atoms with Crippen LogP contribution in [0.2, 0.25) is 5.02 Å². The molecule has 0 N–H and O–H groups in total. The Morgan fingerprint density at radius 3 is 2.22 bits per heavy atom. The lowest BCUT2D eigenvalue weighted by Gasteiger charge is -2.40. The second-order valence-electron chi connectivity index (χ2n) is 12.9. The third kappa shape index (κ3) is 7.45. The lowest BCUT2D eigenvalue weighted by molar-refractivity contribution is 0.0144. The van der Waals surface area contributed by atoms with Crippen molar-refractivity contribution in [3.63, 3.8) is 0 Å². The van der Waals surface area contributed by atoms with E-state index in [0.717, 1.165) is 69.6 Å². The van der Waals surface area contributed by atoms with E-state index < -0.39 is 5.60 Å². The number of benzene rings is 2. The van der Waals surface area contributed by atoms with Crippen molar-refractivity contribution >= 4 is 45.0 Å². The van der Waals surface area contributed by atoms with Crippen molar-refractivity contribution in [1.82, 2.24) is 14.8 Å². The summed E-state index contributed by atoms with van der Waals surface area (Å²) in [5.41, 5.74) is 4.37. The first-order valence-corrected chi connectivity index (χ1v) is 16.6. The third-order valence-corrected chi connectivity index (χ3v) is 10.0. The molecule has 45 heavy (non-hydrogen) atoms. The summed E-state index contributed by atoms with van der Waals surface area (Å²) in [5.74, 6) is 0.632. The lowest BCUT2D eigenvalue weighted by atomic mass is 9.89. The molecule has 0 unspecified atom stereocenters. The summed E-state index contributed by atoms with van der Waals surface area (Å²) in [5, 5.41) is 1.38. The average Bonchev–Trinajstić information content (AvgIpc) is 3.34. The maximum atomic E-state index is 14.5. The molecule has 1 aliphatic rings. The van der Waals surface area contributed by atoms with Gasteiger partial charge in [0.15, 0.2) is 0 Å². The number of aryl methyl sites for hydroxylation is 2. The second kappa shape index (κ2) is 13.4. The first-order chi connectivity index (χ1) is 21.3. The number of ether oxygens (including phenoxy) is 2. The Kier molecular flexibility index (Phi) is 9.75. The van der Waals surface area contributed by atoms with Gasteiger partial charge in [-0.3, -0.25) is 9.78 Å². The normalized spacial score (nSPS) is 16.8. The number of amides is 2. The summed E-state index contributed by atoms with van der Waals surface area (Å²) < 4.78 is 12.4. The first-order valence-electron chi connectivity index (χ1n) is 15.4. The molecule has 2 amide bonds. The van der Waals surface area contributed by atoms with Crippen molar-refractivity contribution in [2.24, 2.45) is 0 Å². The maximum Gasteiger partial charge on any atom is 0.410 e. The van der Waals surface area contributed by atoms with Crippen LogP contribution in [0.5, 0.6) is 5.75 Å². The van der Waals surface area contributed by atoms with Crippen LogP contribution in [-0.4, -0.2) is 58.6 Å². The quantitative estimate of drug-likeness (QED) is 0.200. The van der Waals surface area contributed by atoms with E-state index in [4.69, 9.17) is 21.1 Å². The Morgan fingerprint density at radius 2 is 1.60 bits per heavy atom. The van der Waals surface area contributed by atoms with E-state index in [2.05, 4.69) is 23.2 Å². The van der Waals surface area contributed by atoms with E-state index in [1.165, 1.54) is 11.3 Å². The summed E-state index contributed by atoms with van der Waals surface area (Å²) in [4.78, 5) is 36.0.